The number of halogens is 1. The molecule has 0 aromatic carbocycles. The molecule has 1 aliphatic heterocycles. The van der Waals surface area contributed by atoms with Gasteiger partial charge in [0.15, 0.2) is 0 Å². The van der Waals surface area contributed by atoms with Crippen LogP contribution in [0.4, 0.5) is 5.95 Å². The molecule has 2 atom stereocenters. The molecule has 6 rings (SSSR count). The number of nitrogens with zero attached hydrogens (tertiary/aromatic N) is 6. The number of methoxy groups -OCH3 is 2. The van der Waals surface area contributed by atoms with Gasteiger partial charge in [-0.2, -0.15) is 0 Å². The van der Waals surface area contributed by atoms with Crippen LogP contribution in [0.5, 0.6) is 0 Å². The van der Waals surface area contributed by atoms with Crippen LogP contribution in [-0.4, -0.2) is 69.2 Å². The first-order chi connectivity index (χ1) is 19.9. The summed E-state index contributed by atoms with van der Waals surface area (Å²) >= 11 is 6.41. The highest BCUT2D eigenvalue weighted by Crippen LogP contribution is 2.39. The van der Waals surface area contributed by atoms with Gasteiger partial charge in [-0.25, -0.2) is 14.8 Å². The molecule has 1 aliphatic carbocycles. The van der Waals surface area contributed by atoms with Gasteiger partial charge in [0.2, 0.25) is 11.8 Å². The standard InChI is InChI=1S/C29H36ClN7O4/c1-17-4-6-18(7-5-17)14-36-26-23(33-28(36)37-21(15-39-2)8-9-22(37)16-40-3)11-24(27-34-29(38)41-35-27)32-25(26)19-10-20(30)13-31-12-19/h10-13,17-18,21-22H,4-9,14-16H2,1-3H3,(H,34,35,38)/t17?,18?,21-,22-/m0/s1. The fourth-order valence-corrected chi connectivity index (χ4v) is 6.66. The van der Waals surface area contributed by atoms with E-state index in [1.165, 1.54) is 25.7 Å². The third-order valence-electron chi connectivity index (χ3n) is 8.51. The zero-order valence-electron chi connectivity index (χ0n) is 23.7. The Bertz CT molecular complexity index is 1540. The van der Waals surface area contributed by atoms with Gasteiger partial charge in [0, 0.05) is 38.7 Å². The number of rotatable bonds is 9. The lowest BCUT2D eigenvalue weighted by Crippen LogP contribution is -2.42. The van der Waals surface area contributed by atoms with Crippen LogP contribution in [0.3, 0.4) is 0 Å². The number of nitrogens with one attached hydrogen (secondary N) is 1. The van der Waals surface area contributed by atoms with Crippen LogP contribution >= 0.6 is 11.6 Å². The Kier molecular flexibility index (Phi) is 8.10. The van der Waals surface area contributed by atoms with Gasteiger partial charge in [0.05, 0.1) is 47.0 Å². The number of fused-ring (bicyclic) bond motifs is 1. The van der Waals surface area contributed by atoms with Crippen molar-refractivity contribution in [3.8, 4) is 22.8 Å². The summed E-state index contributed by atoms with van der Waals surface area (Å²) in [5, 5.41) is 4.40. The molecule has 5 heterocycles. The topological polar surface area (TPSA) is 124 Å². The van der Waals surface area contributed by atoms with Crippen LogP contribution in [0.25, 0.3) is 33.8 Å². The summed E-state index contributed by atoms with van der Waals surface area (Å²) in [5.74, 6) is 1.74. The summed E-state index contributed by atoms with van der Waals surface area (Å²) < 4.78 is 18.5. The Morgan fingerprint density at radius 3 is 2.39 bits per heavy atom. The zero-order chi connectivity index (χ0) is 28.5. The van der Waals surface area contributed by atoms with Gasteiger partial charge in [-0.05, 0) is 49.7 Å². The van der Waals surface area contributed by atoms with Crippen molar-refractivity contribution in [2.45, 2.75) is 64.1 Å². The number of aromatic amines is 1. The average Bonchev–Trinajstić information content (AvgIpc) is 3.67. The molecule has 0 bridgehead atoms. The van der Waals surface area contributed by atoms with Gasteiger partial charge in [0.1, 0.15) is 5.69 Å². The number of hydrogen-bond donors (Lipinski definition) is 1. The quantitative estimate of drug-likeness (QED) is 0.292. The van der Waals surface area contributed by atoms with E-state index in [0.717, 1.165) is 47.8 Å². The van der Waals surface area contributed by atoms with Gasteiger partial charge in [-0.15, -0.1) is 0 Å². The maximum absolute atomic E-state index is 11.8. The highest BCUT2D eigenvalue weighted by atomic mass is 35.5. The number of aromatic nitrogens is 6. The first-order valence-corrected chi connectivity index (χ1v) is 14.7. The lowest BCUT2D eigenvalue weighted by Gasteiger charge is -2.33. The van der Waals surface area contributed by atoms with Crippen molar-refractivity contribution in [3.05, 3.63) is 40.1 Å². The van der Waals surface area contributed by atoms with E-state index in [2.05, 4.69) is 31.5 Å². The van der Waals surface area contributed by atoms with Crippen LogP contribution in [0.15, 0.2) is 33.8 Å². The molecule has 1 saturated carbocycles. The minimum atomic E-state index is -0.646. The van der Waals surface area contributed by atoms with E-state index in [0.29, 0.717) is 35.5 Å². The van der Waals surface area contributed by atoms with Crippen molar-refractivity contribution < 1.29 is 14.0 Å². The molecule has 1 saturated heterocycles. The second-order valence-electron chi connectivity index (χ2n) is 11.4. The van der Waals surface area contributed by atoms with Gasteiger partial charge < -0.3 is 18.9 Å². The van der Waals surface area contributed by atoms with Crippen molar-refractivity contribution >= 4 is 28.6 Å². The number of pyridine rings is 2. The molecule has 2 aliphatic rings. The van der Waals surface area contributed by atoms with Gasteiger partial charge in [0.25, 0.3) is 0 Å². The number of H-pyrrole nitrogens is 1. The van der Waals surface area contributed by atoms with Gasteiger partial charge in [-0.1, -0.05) is 36.5 Å². The summed E-state index contributed by atoms with van der Waals surface area (Å²) in [4.78, 5) is 31.4. The molecule has 1 N–H and O–H groups in total. The summed E-state index contributed by atoms with van der Waals surface area (Å²) in [6.45, 7) is 4.35. The SMILES string of the molecule is COC[C@@H]1CC[C@@H](COC)N1c1nc2cc(-c3noc(=O)[nH]3)nc(-c3cncc(Cl)c3)c2n1CC1CCC(C)CC1. The van der Waals surface area contributed by atoms with Crippen molar-refractivity contribution in [1.29, 1.82) is 0 Å². The molecule has 0 unspecified atom stereocenters. The van der Waals surface area contributed by atoms with E-state index >= 15 is 0 Å². The third kappa shape index (κ3) is 5.62. The number of imidazole rings is 1. The Hall–Kier alpha value is -3.28. The first kappa shape index (κ1) is 27.9. The molecular weight excluding hydrogens is 546 g/mol. The van der Waals surface area contributed by atoms with E-state index in [9.17, 15) is 4.79 Å². The highest BCUT2D eigenvalue weighted by molar-refractivity contribution is 6.30. The third-order valence-corrected chi connectivity index (χ3v) is 8.72. The van der Waals surface area contributed by atoms with Crippen LogP contribution in [-0.2, 0) is 16.0 Å². The largest absolute Gasteiger partial charge is 0.439 e. The van der Waals surface area contributed by atoms with Crippen LogP contribution in [0, 0.1) is 11.8 Å². The molecule has 0 spiro atoms. The van der Waals surface area contributed by atoms with Crippen molar-refractivity contribution in [2.24, 2.45) is 11.8 Å². The Morgan fingerprint density at radius 2 is 1.76 bits per heavy atom. The summed E-state index contributed by atoms with van der Waals surface area (Å²) in [6, 6.07) is 4.04. The Balaban J connectivity index is 1.59. The minimum absolute atomic E-state index is 0.165. The van der Waals surface area contributed by atoms with Gasteiger partial charge in [-0.3, -0.25) is 14.5 Å². The second kappa shape index (κ2) is 11.9. The van der Waals surface area contributed by atoms with E-state index in [1.54, 1.807) is 26.6 Å². The number of hydrogen-bond acceptors (Lipinski definition) is 9. The summed E-state index contributed by atoms with van der Waals surface area (Å²) in [6.07, 6.45) is 10.1. The molecule has 2 fully saturated rings. The van der Waals surface area contributed by atoms with Crippen LogP contribution < -0.4 is 10.7 Å². The molecule has 0 amide bonds. The molecular formula is C29H36ClN7O4. The average molecular weight is 582 g/mol. The molecule has 0 radical (unpaired) electrons. The smallest absolute Gasteiger partial charge is 0.383 e. The normalized spacial score (nSPS) is 23.1. The number of ether oxygens (including phenoxy) is 2. The van der Waals surface area contributed by atoms with E-state index in [4.69, 9.17) is 35.6 Å². The Labute approximate surface area is 243 Å². The molecule has 4 aromatic heterocycles. The fourth-order valence-electron chi connectivity index (χ4n) is 6.49. The lowest BCUT2D eigenvalue weighted by atomic mass is 9.83. The van der Waals surface area contributed by atoms with Crippen molar-refractivity contribution in [3.63, 3.8) is 0 Å². The van der Waals surface area contributed by atoms with Crippen molar-refractivity contribution in [1.82, 2.24) is 29.7 Å². The second-order valence-corrected chi connectivity index (χ2v) is 11.8. The highest BCUT2D eigenvalue weighted by Gasteiger charge is 2.38. The van der Waals surface area contributed by atoms with E-state index in [1.807, 2.05) is 12.1 Å². The van der Waals surface area contributed by atoms with E-state index < -0.39 is 5.76 Å². The zero-order valence-corrected chi connectivity index (χ0v) is 24.4. The minimum Gasteiger partial charge on any atom is -0.383 e. The maximum Gasteiger partial charge on any atom is 0.439 e. The molecule has 218 valence electrons. The lowest BCUT2D eigenvalue weighted by molar-refractivity contribution is 0.166. The monoisotopic (exact) mass is 581 g/mol. The Morgan fingerprint density at radius 1 is 1.02 bits per heavy atom. The predicted molar refractivity (Wildman–Crippen MR) is 156 cm³/mol. The number of anilines is 1. The van der Waals surface area contributed by atoms with Gasteiger partial charge >= 0.3 is 5.76 Å². The summed E-state index contributed by atoms with van der Waals surface area (Å²) in [5.41, 5.74) is 3.52. The molecule has 41 heavy (non-hydrogen) atoms. The fraction of sp³-hybridized carbons (Fsp3) is 0.552. The van der Waals surface area contributed by atoms with E-state index in [-0.39, 0.29) is 17.9 Å². The summed E-state index contributed by atoms with van der Waals surface area (Å²) in [7, 11) is 3.49. The predicted octanol–water partition coefficient (Wildman–Crippen LogP) is 4.95. The van der Waals surface area contributed by atoms with Crippen LogP contribution in [0.1, 0.15) is 45.4 Å². The van der Waals surface area contributed by atoms with Crippen LogP contribution in [0.2, 0.25) is 5.02 Å². The molecule has 12 heteroatoms. The molecule has 11 nitrogen and oxygen atoms in total. The molecule has 4 aromatic rings. The van der Waals surface area contributed by atoms with Crippen molar-refractivity contribution in [2.75, 3.05) is 32.3 Å². The maximum atomic E-state index is 11.8. The first-order valence-electron chi connectivity index (χ1n) is 14.3.